The van der Waals surface area contributed by atoms with Crippen molar-refractivity contribution in [2.45, 2.75) is 0 Å². The number of hydrogen-bond donors (Lipinski definition) is 1. The molecule has 0 spiro atoms. The van der Waals surface area contributed by atoms with Crippen LogP contribution in [0.5, 0.6) is 11.5 Å². The summed E-state index contributed by atoms with van der Waals surface area (Å²) in [7, 11) is 1.46. The summed E-state index contributed by atoms with van der Waals surface area (Å²) in [6.45, 7) is -0.389. The molecule has 1 aromatic rings. The van der Waals surface area contributed by atoms with Crippen molar-refractivity contribution in [2.24, 2.45) is 0 Å². The van der Waals surface area contributed by atoms with Crippen LogP contribution in [0.1, 0.15) is 0 Å². The molecule has 0 bridgehead atoms. The van der Waals surface area contributed by atoms with Crippen LogP contribution in [0.2, 0.25) is 0 Å². The third kappa shape index (κ3) is 2.62. The summed E-state index contributed by atoms with van der Waals surface area (Å²) in [6.07, 6.45) is 2.96. The van der Waals surface area contributed by atoms with Gasteiger partial charge in [0.15, 0.2) is 18.1 Å². The van der Waals surface area contributed by atoms with E-state index in [1.165, 1.54) is 19.5 Å². The molecule has 0 aliphatic rings. The Morgan fingerprint density at radius 3 is 3.00 bits per heavy atom. The molecule has 1 heterocycles. The summed E-state index contributed by atoms with van der Waals surface area (Å²) in [4.78, 5) is 14.0. The van der Waals surface area contributed by atoms with E-state index >= 15 is 0 Å². The Morgan fingerprint density at radius 2 is 2.38 bits per heavy atom. The third-order valence-corrected chi connectivity index (χ3v) is 1.32. The van der Waals surface area contributed by atoms with Gasteiger partial charge < -0.3 is 14.6 Å². The van der Waals surface area contributed by atoms with E-state index in [0.717, 1.165) is 0 Å². The number of aliphatic carboxylic acids is 1. The molecule has 0 aliphatic heterocycles. The van der Waals surface area contributed by atoms with Crippen molar-refractivity contribution in [1.29, 1.82) is 0 Å². The summed E-state index contributed by atoms with van der Waals surface area (Å²) in [5, 5.41) is 8.36. The van der Waals surface area contributed by atoms with Gasteiger partial charge in [-0.15, -0.1) is 0 Å². The molecule has 70 valence electrons. The molecular formula is C8H9NO4. The van der Waals surface area contributed by atoms with E-state index in [-0.39, 0.29) is 6.61 Å². The fourth-order valence-electron chi connectivity index (χ4n) is 0.779. The van der Waals surface area contributed by atoms with Crippen LogP contribution in [0, 0.1) is 0 Å². The molecule has 0 aromatic carbocycles. The summed E-state index contributed by atoms with van der Waals surface area (Å²) in [5.41, 5.74) is 0. The monoisotopic (exact) mass is 183 g/mol. The summed E-state index contributed by atoms with van der Waals surface area (Å²) in [5.74, 6) is -0.234. The van der Waals surface area contributed by atoms with Gasteiger partial charge in [0.05, 0.1) is 13.3 Å². The number of carboxylic acids is 1. The Bertz CT molecular complexity index is 300. The van der Waals surface area contributed by atoms with Gasteiger partial charge in [0.2, 0.25) is 0 Å². The van der Waals surface area contributed by atoms with E-state index in [9.17, 15) is 4.79 Å². The number of rotatable bonds is 4. The average Bonchev–Trinajstić information content (AvgIpc) is 2.15. The number of aromatic nitrogens is 1. The topological polar surface area (TPSA) is 68.7 Å². The van der Waals surface area contributed by atoms with Crippen molar-refractivity contribution in [3.8, 4) is 11.5 Å². The van der Waals surface area contributed by atoms with Crippen LogP contribution in [0.4, 0.5) is 0 Å². The van der Waals surface area contributed by atoms with E-state index in [1.54, 1.807) is 6.07 Å². The van der Waals surface area contributed by atoms with E-state index in [1.807, 2.05) is 0 Å². The fraction of sp³-hybridized carbons (Fsp3) is 0.250. The quantitative estimate of drug-likeness (QED) is 0.738. The van der Waals surface area contributed by atoms with Crippen LogP contribution in [0.15, 0.2) is 18.5 Å². The van der Waals surface area contributed by atoms with E-state index < -0.39 is 5.97 Å². The zero-order valence-electron chi connectivity index (χ0n) is 7.06. The molecule has 0 atom stereocenters. The van der Waals surface area contributed by atoms with Gasteiger partial charge in [0.25, 0.3) is 0 Å². The summed E-state index contributed by atoms with van der Waals surface area (Å²) in [6, 6.07) is 1.54. The van der Waals surface area contributed by atoms with Gasteiger partial charge in [-0.1, -0.05) is 0 Å². The summed E-state index contributed by atoms with van der Waals surface area (Å²) < 4.78 is 9.82. The zero-order chi connectivity index (χ0) is 9.68. The highest BCUT2D eigenvalue weighted by molar-refractivity contribution is 5.68. The highest BCUT2D eigenvalue weighted by Crippen LogP contribution is 2.24. The minimum Gasteiger partial charge on any atom is -0.491 e. The van der Waals surface area contributed by atoms with Crippen molar-refractivity contribution in [3.05, 3.63) is 18.5 Å². The lowest BCUT2D eigenvalue weighted by Gasteiger charge is -2.06. The van der Waals surface area contributed by atoms with Gasteiger partial charge in [-0.2, -0.15) is 0 Å². The first kappa shape index (κ1) is 9.31. The molecule has 0 amide bonds. The van der Waals surface area contributed by atoms with Crippen LogP contribution >= 0.6 is 0 Å². The second-order valence-corrected chi connectivity index (χ2v) is 2.21. The molecule has 0 radical (unpaired) electrons. The fourth-order valence-corrected chi connectivity index (χ4v) is 0.779. The highest BCUT2D eigenvalue weighted by Gasteiger charge is 2.04. The molecule has 0 fully saturated rings. The predicted molar refractivity (Wildman–Crippen MR) is 43.9 cm³/mol. The SMILES string of the molecule is COc1cnccc1OCC(=O)O. The Morgan fingerprint density at radius 1 is 1.62 bits per heavy atom. The van der Waals surface area contributed by atoms with Crippen molar-refractivity contribution < 1.29 is 19.4 Å². The van der Waals surface area contributed by atoms with Gasteiger partial charge in [-0.05, 0) is 0 Å². The van der Waals surface area contributed by atoms with E-state index in [2.05, 4.69) is 4.98 Å². The summed E-state index contributed by atoms with van der Waals surface area (Å²) >= 11 is 0. The molecule has 1 aromatic heterocycles. The Hall–Kier alpha value is -1.78. The van der Waals surface area contributed by atoms with Crippen molar-refractivity contribution in [1.82, 2.24) is 4.98 Å². The number of pyridine rings is 1. The standard InChI is InChI=1S/C8H9NO4/c1-12-7-4-9-3-2-6(7)13-5-8(10)11/h2-4H,5H2,1H3,(H,10,11). The van der Waals surface area contributed by atoms with Crippen molar-refractivity contribution in [3.63, 3.8) is 0 Å². The molecule has 13 heavy (non-hydrogen) atoms. The molecular weight excluding hydrogens is 174 g/mol. The minimum absolute atomic E-state index is 0.375. The molecule has 5 heteroatoms. The van der Waals surface area contributed by atoms with Crippen LogP contribution < -0.4 is 9.47 Å². The van der Waals surface area contributed by atoms with Crippen LogP contribution in [-0.4, -0.2) is 29.8 Å². The van der Waals surface area contributed by atoms with Crippen LogP contribution in [0.3, 0.4) is 0 Å². The lowest BCUT2D eigenvalue weighted by Crippen LogP contribution is -2.10. The molecule has 0 saturated heterocycles. The Kier molecular flexibility index (Phi) is 3.08. The van der Waals surface area contributed by atoms with Crippen molar-refractivity contribution >= 4 is 5.97 Å². The van der Waals surface area contributed by atoms with Crippen molar-refractivity contribution in [2.75, 3.05) is 13.7 Å². The molecule has 1 N–H and O–H groups in total. The number of carboxylic acid groups (broad SMARTS) is 1. The molecule has 0 saturated carbocycles. The van der Waals surface area contributed by atoms with Crippen LogP contribution in [-0.2, 0) is 4.79 Å². The number of carbonyl (C=O) groups is 1. The number of nitrogens with zero attached hydrogens (tertiary/aromatic N) is 1. The van der Waals surface area contributed by atoms with Gasteiger partial charge in [0.1, 0.15) is 0 Å². The lowest BCUT2D eigenvalue weighted by molar-refractivity contribution is -0.139. The number of ether oxygens (including phenoxy) is 2. The average molecular weight is 183 g/mol. The van der Waals surface area contributed by atoms with E-state index in [4.69, 9.17) is 14.6 Å². The smallest absolute Gasteiger partial charge is 0.341 e. The second kappa shape index (κ2) is 4.30. The number of hydrogen-bond acceptors (Lipinski definition) is 4. The van der Waals surface area contributed by atoms with Gasteiger partial charge >= 0.3 is 5.97 Å². The molecule has 0 unspecified atom stereocenters. The second-order valence-electron chi connectivity index (χ2n) is 2.21. The third-order valence-electron chi connectivity index (χ3n) is 1.32. The van der Waals surface area contributed by atoms with E-state index in [0.29, 0.717) is 11.5 Å². The maximum atomic E-state index is 10.2. The normalized spacial score (nSPS) is 9.31. The Labute approximate surface area is 74.9 Å². The molecule has 0 aliphatic carbocycles. The van der Waals surface area contributed by atoms with Gasteiger partial charge in [-0.25, -0.2) is 4.79 Å². The maximum absolute atomic E-state index is 10.2. The van der Waals surface area contributed by atoms with Gasteiger partial charge in [-0.3, -0.25) is 4.98 Å². The first-order valence-electron chi connectivity index (χ1n) is 3.56. The largest absolute Gasteiger partial charge is 0.491 e. The van der Waals surface area contributed by atoms with Gasteiger partial charge in [0, 0.05) is 12.3 Å². The maximum Gasteiger partial charge on any atom is 0.341 e. The molecule has 1 rings (SSSR count). The predicted octanol–water partition coefficient (Wildman–Crippen LogP) is 0.554. The first-order chi connectivity index (χ1) is 6.24. The lowest BCUT2D eigenvalue weighted by atomic mass is 10.4. The zero-order valence-corrected chi connectivity index (χ0v) is 7.06. The molecule has 5 nitrogen and oxygen atoms in total. The minimum atomic E-state index is -1.03. The van der Waals surface area contributed by atoms with Crippen LogP contribution in [0.25, 0.3) is 0 Å². The first-order valence-corrected chi connectivity index (χ1v) is 3.56. The number of methoxy groups -OCH3 is 1. The highest BCUT2D eigenvalue weighted by atomic mass is 16.5. The Balaban J connectivity index is 2.69.